The highest BCUT2D eigenvalue weighted by Crippen LogP contribution is 2.32. The fourth-order valence-electron chi connectivity index (χ4n) is 4.19. The van der Waals surface area contributed by atoms with Gasteiger partial charge in [0.1, 0.15) is 41.6 Å². The van der Waals surface area contributed by atoms with Gasteiger partial charge >= 0.3 is 0 Å². The van der Waals surface area contributed by atoms with Crippen molar-refractivity contribution in [1.29, 1.82) is 0 Å². The van der Waals surface area contributed by atoms with E-state index in [9.17, 15) is 13.9 Å². The van der Waals surface area contributed by atoms with Gasteiger partial charge in [-0.3, -0.25) is 4.98 Å². The van der Waals surface area contributed by atoms with E-state index in [1.165, 1.54) is 18.3 Å². The molecular formula is C22H17ClF2N4O5. The average molecular weight is 491 g/mol. The maximum atomic E-state index is 14.8. The van der Waals surface area contributed by atoms with Crippen LogP contribution in [-0.2, 0) is 16.1 Å². The van der Waals surface area contributed by atoms with Crippen LogP contribution in [-0.4, -0.2) is 62.7 Å². The van der Waals surface area contributed by atoms with Crippen molar-refractivity contribution in [3.05, 3.63) is 52.7 Å². The number of pyridine rings is 2. The standard InChI is InChI=1S/C22H17ClF2N4O5/c23-11-4-14-20(29-22(27-14)34-16-8-32-18-15(30)7-31-19(16)18)28-21(11)33-6-10-12(24)5-13-9(17(10)25)2-1-3-26-13/h1-5,15-16,18-19,30H,6-8H2,(H,27,28,29)/t15-,16-,18?,19?/m1/s1. The predicted octanol–water partition coefficient (Wildman–Crippen LogP) is 2.92. The highest BCUT2D eigenvalue weighted by atomic mass is 35.5. The number of aliphatic hydroxyl groups is 1. The normalized spacial score (nSPS) is 24.1. The van der Waals surface area contributed by atoms with Crippen molar-refractivity contribution >= 4 is 33.7 Å². The second-order valence-electron chi connectivity index (χ2n) is 8.02. The largest absolute Gasteiger partial charge is 0.471 e. The molecule has 9 nitrogen and oxygen atoms in total. The van der Waals surface area contributed by atoms with Crippen molar-refractivity contribution in [3.63, 3.8) is 0 Å². The Balaban J connectivity index is 1.22. The van der Waals surface area contributed by atoms with E-state index in [0.29, 0.717) is 5.52 Å². The van der Waals surface area contributed by atoms with Gasteiger partial charge in [-0.1, -0.05) is 11.6 Å². The lowest BCUT2D eigenvalue weighted by atomic mass is 10.1. The van der Waals surface area contributed by atoms with Gasteiger partial charge in [0, 0.05) is 17.6 Å². The summed E-state index contributed by atoms with van der Waals surface area (Å²) in [5.74, 6) is -1.58. The third-order valence-electron chi connectivity index (χ3n) is 5.86. The van der Waals surface area contributed by atoms with E-state index in [0.717, 1.165) is 6.07 Å². The summed E-state index contributed by atoms with van der Waals surface area (Å²) in [6, 6.07) is 5.92. The van der Waals surface area contributed by atoms with Crippen molar-refractivity contribution in [2.75, 3.05) is 13.2 Å². The number of nitrogens with zero attached hydrogens (tertiary/aromatic N) is 3. The molecule has 2 aliphatic rings. The van der Waals surface area contributed by atoms with Crippen LogP contribution < -0.4 is 9.47 Å². The summed E-state index contributed by atoms with van der Waals surface area (Å²) in [5, 5.41) is 10.2. The minimum atomic E-state index is -0.785. The highest BCUT2D eigenvalue weighted by Gasteiger charge is 2.48. The fourth-order valence-corrected chi connectivity index (χ4v) is 4.40. The number of aliphatic hydroxyl groups excluding tert-OH is 1. The Morgan fingerprint density at radius 2 is 2.03 bits per heavy atom. The first-order valence-electron chi connectivity index (χ1n) is 10.5. The number of hydrogen-bond donors (Lipinski definition) is 2. The molecule has 0 radical (unpaired) electrons. The molecule has 12 heteroatoms. The van der Waals surface area contributed by atoms with E-state index >= 15 is 0 Å². The van der Waals surface area contributed by atoms with Gasteiger partial charge in [0.05, 0.1) is 29.8 Å². The number of halogens is 3. The monoisotopic (exact) mass is 490 g/mol. The molecular weight excluding hydrogens is 474 g/mol. The first kappa shape index (κ1) is 21.4. The van der Waals surface area contributed by atoms with Gasteiger partial charge in [0.2, 0.25) is 5.88 Å². The van der Waals surface area contributed by atoms with Crippen molar-refractivity contribution < 1.29 is 32.8 Å². The zero-order chi connectivity index (χ0) is 23.4. The lowest BCUT2D eigenvalue weighted by molar-refractivity contribution is 0.00706. The van der Waals surface area contributed by atoms with Crippen LogP contribution in [0.1, 0.15) is 5.56 Å². The van der Waals surface area contributed by atoms with Gasteiger partial charge in [-0.05, 0) is 18.2 Å². The molecule has 1 aromatic carbocycles. The van der Waals surface area contributed by atoms with Crippen molar-refractivity contribution in [2.45, 2.75) is 31.0 Å². The van der Waals surface area contributed by atoms with Crippen LogP contribution in [0.25, 0.3) is 22.1 Å². The molecule has 2 aliphatic heterocycles. The van der Waals surface area contributed by atoms with Gasteiger partial charge in [-0.15, -0.1) is 0 Å². The number of imidazole rings is 1. The number of benzene rings is 1. The zero-order valence-electron chi connectivity index (χ0n) is 17.4. The number of H-pyrrole nitrogens is 1. The molecule has 4 aromatic rings. The van der Waals surface area contributed by atoms with Crippen LogP contribution in [0.2, 0.25) is 5.02 Å². The Morgan fingerprint density at radius 3 is 2.91 bits per heavy atom. The minimum Gasteiger partial charge on any atom is -0.471 e. The molecule has 0 saturated carbocycles. The number of fused-ring (bicyclic) bond motifs is 3. The maximum Gasteiger partial charge on any atom is 0.296 e. The summed E-state index contributed by atoms with van der Waals surface area (Å²) in [6.45, 7) is -0.0108. The third-order valence-corrected chi connectivity index (χ3v) is 6.13. The average Bonchev–Trinajstić information content (AvgIpc) is 3.50. The van der Waals surface area contributed by atoms with Gasteiger partial charge in [0.25, 0.3) is 6.01 Å². The molecule has 0 bridgehead atoms. The lowest BCUT2D eigenvalue weighted by Crippen LogP contribution is -2.34. The summed E-state index contributed by atoms with van der Waals surface area (Å²) >= 11 is 6.27. The van der Waals surface area contributed by atoms with Crippen LogP contribution in [0.5, 0.6) is 11.9 Å². The zero-order valence-corrected chi connectivity index (χ0v) is 18.1. The Labute approximate surface area is 195 Å². The molecule has 4 atom stereocenters. The lowest BCUT2D eigenvalue weighted by Gasteiger charge is -2.15. The number of aromatic nitrogens is 4. The molecule has 2 N–H and O–H groups in total. The van der Waals surface area contributed by atoms with Crippen molar-refractivity contribution in [1.82, 2.24) is 19.9 Å². The Morgan fingerprint density at radius 1 is 1.18 bits per heavy atom. The minimum absolute atomic E-state index is 0.0381. The molecule has 34 heavy (non-hydrogen) atoms. The molecule has 0 amide bonds. The predicted molar refractivity (Wildman–Crippen MR) is 115 cm³/mol. The van der Waals surface area contributed by atoms with E-state index in [-0.39, 0.29) is 52.2 Å². The van der Waals surface area contributed by atoms with E-state index in [1.807, 2.05) is 0 Å². The summed E-state index contributed by atoms with van der Waals surface area (Å²) in [4.78, 5) is 15.5. The molecule has 0 aliphatic carbocycles. The van der Waals surface area contributed by atoms with Crippen LogP contribution in [0.15, 0.2) is 30.5 Å². The molecule has 5 heterocycles. The number of ether oxygens (including phenoxy) is 4. The van der Waals surface area contributed by atoms with Gasteiger partial charge < -0.3 is 29.0 Å². The van der Waals surface area contributed by atoms with Gasteiger partial charge in [-0.25, -0.2) is 8.78 Å². The van der Waals surface area contributed by atoms with Crippen LogP contribution in [0.3, 0.4) is 0 Å². The summed E-state index contributed by atoms with van der Waals surface area (Å²) in [6.07, 6.45) is -0.528. The topological polar surface area (TPSA) is 112 Å². The van der Waals surface area contributed by atoms with E-state index < -0.39 is 42.7 Å². The number of aromatic amines is 1. The van der Waals surface area contributed by atoms with Crippen LogP contribution in [0, 0.1) is 11.6 Å². The molecule has 176 valence electrons. The fraction of sp³-hybridized carbons (Fsp3) is 0.318. The molecule has 6 rings (SSSR count). The van der Waals surface area contributed by atoms with Crippen molar-refractivity contribution in [2.24, 2.45) is 0 Å². The Bertz CT molecular complexity index is 1400. The van der Waals surface area contributed by atoms with Crippen LogP contribution in [0.4, 0.5) is 8.78 Å². The van der Waals surface area contributed by atoms with Gasteiger partial charge in [0.15, 0.2) is 11.8 Å². The third kappa shape index (κ3) is 3.61. The smallest absolute Gasteiger partial charge is 0.296 e. The highest BCUT2D eigenvalue weighted by molar-refractivity contribution is 6.32. The molecule has 2 saturated heterocycles. The number of hydrogen-bond acceptors (Lipinski definition) is 8. The first-order valence-corrected chi connectivity index (χ1v) is 10.8. The van der Waals surface area contributed by atoms with Crippen molar-refractivity contribution in [3.8, 4) is 11.9 Å². The van der Waals surface area contributed by atoms with Crippen LogP contribution >= 0.6 is 11.6 Å². The number of nitrogens with one attached hydrogen (secondary N) is 1. The second-order valence-corrected chi connectivity index (χ2v) is 8.42. The molecule has 3 aromatic heterocycles. The van der Waals surface area contributed by atoms with E-state index in [1.54, 1.807) is 6.07 Å². The Hall–Kier alpha value is -3.12. The molecule has 2 unspecified atom stereocenters. The van der Waals surface area contributed by atoms with Gasteiger partial charge in [-0.2, -0.15) is 9.97 Å². The summed E-state index contributed by atoms with van der Waals surface area (Å²) < 4.78 is 51.8. The van der Waals surface area contributed by atoms with E-state index in [2.05, 4.69) is 19.9 Å². The number of rotatable bonds is 5. The first-order chi connectivity index (χ1) is 16.5. The molecule has 2 fully saturated rings. The maximum absolute atomic E-state index is 14.8. The second kappa shape index (κ2) is 8.27. The Kier molecular flexibility index (Phi) is 5.21. The molecule has 0 spiro atoms. The van der Waals surface area contributed by atoms with E-state index in [4.69, 9.17) is 30.5 Å². The summed E-state index contributed by atoms with van der Waals surface area (Å²) in [5.41, 5.74) is 0.656. The summed E-state index contributed by atoms with van der Waals surface area (Å²) in [7, 11) is 0. The quantitative estimate of drug-likeness (QED) is 0.439. The SMILES string of the molecule is O[C@@H]1COC2C1OC[C@H]2Oc1nc2nc(OCc3c(F)cc4ncccc4c3F)c(Cl)cc2[nH]1.